The highest BCUT2D eigenvalue weighted by molar-refractivity contribution is 6.00. The molecule has 0 aliphatic heterocycles. The Morgan fingerprint density at radius 3 is 2.84 bits per heavy atom. The van der Waals surface area contributed by atoms with Crippen molar-refractivity contribution in [2.45, 2.75) is 20.1 Å². The third kappa shape index (κ3) is 3.21. The summed E-state index contributed by atoms with van der Waals surface area (Å²) >= 11 is 0. The van der Waals surface area contributed by atoms with Gasteiger partial charge in [0.05, 0.1) is 13.7 Å². The van der Waals surface area contributed by atoms with E-state index in [0.29, 0.717) is 16.9 Å². The highest BCUT2D eigenvalue weighted by Crippen LogP contribution is 2.32. The molecule has 0 bridgehead atoms. The van der Waals surface area contributed by atoms with Gasteiger partial charge in [-0.2, -0.15) is 0 Å². The Kier molecular flexibility index (Phi) is 4.72. The molecule has 5 nitrogen and oxygen atoms in total. The van der Waals surface area contributed by atoms with Crippen molar-refractivity contribution in [3.8, 4) is 5.75 Å². The Labute approximate surface area is 144 Å². The molecule has 3 rings (SSSR count). The summed E-state index contributed by atoms with van der Waals surface area (Å²) in [5.74, 6) is -0.0711. The lowest BCUT2D eigenvalue weighted by atomic mass is 10.1. The molecule has 0 spiro atoms. The molecule has 6 heteroatoms. The lowest BCUT2D eigenvalue weighted by Gasteiger charge is -2.06. The Hall–Kier alpha value is -2.86. The molecular weight excluding hydrogens is 325 g/mol. The van der Waals surface area contributed by atoms with E-state index in [1.54, 1.807) is 19.2 Å². The topological polar surface area (TPSA) is 71.7 Å². The third-order valence-corrected chi connectivity index (χ3v) is 4.09. The summed E-state index contributed by atoms with van der Waals surface area (Å²) in [5.41, 5.74) is 2.13. The number of aryl methyl sites for hydroxylation is 1. The van der Waals surface area contributed by atoms with Crippen molar-refractivity contribution in [3.63, 3.8) is 0 Å². The van der Waals surface area contributed by atoms with Crippen LogP contribution in [0.15, 0.2) is 40.8 Å². The second kappa shape index (κ2) is 6.94. The van der Waals surface area contributed by atoms with E-state index < -0.39 is 12.4 Å². The van der Waals surface area contributed by atoms with Crippen molar-refractivity contribution in [2.75, 3.05) is 7.11 Å². The molecule has 3 aromatic rings. The maximum Gasteiger partial charge on any atom is 0.287 e. The number of benzene rings is 2. The molecule has 0 saturated carbocycles. The Balaban J connectivity index is 1.82. The number of aliphatic hydroxyl groups is 1. The molecule has 0 fully saturated rings. The average Bonchev–Trinajstić information content (AvgIpc) is 2.97. The molecule has 0 saturated heterocycles. The van der Waals surface area contributed by atoms with E-state index in [1.165, 1.54) is 12.1 Å². The van der Waals surface area contributed by atoms with Crippen molar-refractivity contribution < 1.29 is 23.4 Å². The Morgan fingerprint density at radius 1 is 1.32 bits per heavy atom. The van der Waals surface area contributed by atoms with Crippen LogP contribution < -0.4 is 10.1 Å². The highest BCUT2D eigenvalue weighted by atomic mass is 19.1. The normalized spacial score (nSPS) is 10.9. The maximum absolute atomic E-state index is 13.4. The maximum atomic E-state index is 13.4. The van der Waals surface area contributed by atoms with E-state index in [1.807, 2.05) is 19.1 Å². The molecule has 25 heavy (non-hydrogen) atoms. The van der Waals surface area contributed by atoms with Crippen LogP contribution in [0, 0.1) is 12.7 Å². The zero-order chi connectivity index (χ0) is 18.0. The number of hydrogen-bond acceptors (Lipinski definition) is 4. The van der Waals surface area contributed by atoms with Gasteiger partial charge < -0.3 is 19.6 Å². The van der Waals surface area contributed by atoms with Crippen molar-refractivity contribution in [1.29, 1.82) is 0 Å². The SMILES string of the molecule is COc1cccc2c(C)c(C(=O)NCc3ccc(F)c(CO)c3)oc12. The van der Waals surface area contributed by atoms with Crippen LogP contribution in [0.2, 0.25) is 0 Å². The van der Waals surface area contributed by atoms with Gasteiger partial charge in [0.25, 0.3) is 5.91 Å². The van der Waals surface area contributed by atoms with Gasteiger partial charge in [-0.1, -0.05) is 18.2 Å². The molecule has 0 atom stereocenters. The number of carbonyl (C=O) groups excluding carboxylic acids is 1. The van der Waals surface area contributed by atoms with Crippen molar-refractivity contribution >= 4 is 16.9 Å². The standard InChI is InChI=1S/C19H18FNO4/c1-11-14-4-3-5-16(24-2)18(14)25-17(11)19(23)21-9-12-6-7-15(20)13(8-12)10-22/h3-8,22H,9-10H2,1-2H3,(H,21,23). The Morgan fingerprint density at radius 2 is 2.12 bits per heavy atom. The predicted octanol–water partition coefficient (Wildman–Crippen LogP) is 3.31. The van der Waals surface area contributed by atoms with Crippen LogP contribution in [0.1, 0.15) is 27.2 Å². The minimum atomic E-state index is -0.474. The second-order valence-corrected chi connectivity index (χ2v) is 5.66. The molecule has 2 aromatic carbocycles. The van der Waals surface area contributed by atoms with Crippen LogP contribution in [-0.4, -0.2) is 18.1 Å². The number of rotatable bonds is 5. The van der Waals surface area contributed by atoms with E-state index in [4.69, 9.17) is 14.3 Å². The van der Waals surface area contributed by atoms with Gasteiger partial charge in [0.15, 0.2) is 17.1 Å². The number of aliphatic hydroxyl groups excluding tert-OH is 1. The number of para-hydroxylation sites is 1. The summed E-state index contributed by atoms with van der Waals surface area (Å²) < 4.78 is 24.4. The average molecular weight is 343 g/mol. The first kappa shape index (κ1) is 17.0. The van der Waals surface area contributed by atoms with Crippen LogP contribution in [0.4, 0.5) is 4.39 Å². The number of hydrogen-bond donors (Lipinski definition) is 2. The number of carbonyl (C=O) groups is 1. The number of ether oxygens (including phenoxy) is 1. The van der Waals surface area contributed by atoms with Crippen LogP contribution in [-0.2, 0) is 13.2 Å². The van der Waals surface area contributed by atoms with Gasteiger partial charge in [0, 0.05) is 23.1 Å². The van der Waals surface area contributed by atoms with Crippen molar-refractivity contribution in [2.24, 2.45) is 0 Å². The number of fused-ring (bicyclic) bond motifs is 1. The summed E-state index contributed by atoms with van der Waals surface area (Å²) in [6.07, 6.45) is 0. The third-order valence-electron chi connectivity index (χ3n) is 4.09. The molecule has 0 unspecified atom stereocenters. The molecule has 130 valence electrons. The zero-order valence-corrected chi connectivity index (χ0v) is 13.9. The predicted molar refractivity (Wildman–Crippen MR) is 91.0 cm³/mol. The number of nitrogens with one attached hydrogen (secondary N) is 1. The van der Waals surface area contributed by atoms with Crippen molar-refractivity contribution in [3.05, 3.63) is 64.7 Å². The second-order valence-electron chi connectivity index (χ2n) is 5.66. The smallest absolute Gasteiger partial charge is 0.287 e. The van der Waals surface area contributed by atoms with Crippen LogP contribution in [0.25, 0.3) is 11.0 Å². The quantitative estimate of drug-likeness (QED) is 0.745. The summed E-state index contributed by atoms with van der Waals surface area (Å²) in [6.45, 7) is 1.61. The summed E-state index contributed by atoms with van der Waals surface area (Å²) in [5, 5.41) is 12.7. The molecule has 1 amide bonds. The zero-order valence-electron chi connectivity index (χ0n) is 13.9. The largest absolute Gasteiger partial charge is 0.493 e. The number of methoxy groups -OCH3 is 1. The van der Waals surface area contributed by atoms with Gasteiger partial charge in [0.2, 0.25) is 0 Å². The number of halogens is 1. The minimum absolute atomic E-state index is 0.191. The van der Waals surface area contributed by atoms with Crippen LogP contribution in [0.3, 0.4) is 0 Å². The van der Waals surface area contributed by atoms with Crippen LogP contribution >= 0.6 is 0 Å². The summed E-state index contributed by atoms with van der Waals surface area (Å²) in [7, 11) is 1.54. The van der Waals surface area contributed by atoms with Gasteiger partial charge in [0.1, 0.15) is 5.82 Å². The fourth-order valence-electron chi connectivity index (χ4n) is 2.72. The first-order valence-electron chi connectivity index (χ1n) is 7.77. The molecular formula is C19H18FNO4. The van der Waals surface area contributed by atoms with E-state index in [-0.39, 0.29) is 23.8 Å². The Bertz CT molecular complexity index is 933. The van der Waals surface area contributed by atoms with Crippen molar-refractivity contribution in [1.82, 2.24) is 5.32 Å². The first-order chi connectivity index (χ1) is 12.0. The first-order valence-corrected chi connectivity index (χ1v) is 7.77. The number of furan rings is 1. The van der Waals surface area contributed by atoms with Gasteiger partial charge >= 0.3 is 0 Å². The summed E-state index contributed by atoms with van der Waals surface area (Å²) in [4.78, 5) is 12.5. The van der Waals surface area contributed by atoms with Gasteiger partial charge in [-0.25, -0.2) is 4.39 Å². The number of amides is 1. The van der Waals surface area contributed by atoms with Gasteiger partial charge in [-0.05, 0) is 30.7 Å². The minimum Gasteiger partial charge on any atom is -0.493 e. The van der Waals surface area contributed by atoms with E-state index in [0.717, 1.165) is 10.9 Å². The molecule has 0 radical (unpaired) electrons. The fraction of sp³-hybridized carbons (Fsp3) is 0.211. The van der Waals surface area contributed by atoms with Gasteiger partial charge in [-0.15, -0.1) is 0 Å². The molecule has 0 aliphatic rings. The van der Waals surface area contributed by atoms with Crippen LogP contribution in [0.5, 0.6) is 5.75 Å². The fourth-order valence-corrected chi connectivity index (χ4v) is 2.72. The molecule has 0 aliphatic carbocycles. The van der Waals surface area contributed by atoms with E-state index >= 15 is 0 Å². The summed E-state index contributed by atoms with van der Waals surface area (Å²) in [6, 6.07) is 9.81. The molecule has 2 N–H and O–H groups in total. The lowest BCUT2D eigenvalue weighted by molar-refractivity contribution is 0.0924. The monoisotopic (exact) mass is 343 g/mol. The molecule has 1 aromatic heterocycles. The van der Waals surface area contributed by atoms with Gasteiger partial charge in [-0.3, -0.25) is 4.79 Å². The highest BCUT2D eigenvalue weighted by Gasteiger charge is 2.19. The van der Waals surface area contributed by atoms with E-state index in [9.17, 15) is 9.18 Å². The van der Waals surface area contributed by atoms with E-state index in [2.05, 4.69) is 5.32 Å². The lowest BCUT2D eigenvalue weighted by Crippen LogP contribution is -2.23. The molecule has 1 heterocycles.